The van der Waals surface area contributed by atoms with Crippen LogP contribution in [0.15, 0.2) is 29.6 Å². The van der Waals surface area contributed by atoms with Crippen LogP contribution in [0.5, 0.6) is 5.75 Å². The van der Waals surface area contributed by atoms with Gasteiger partial charge in [-0.05, 0) is 29.6 Å². The van der Waals surface area contributed by atoms with Gasteiger partial charge >= 0.3 is 0 Å². The van der Waals surface area contributed by atoms with E-state index in [4.69, 9.17) is 17.3 Å². The molecule has 4 heteroatoms. The van der Waals surface area contributed by atoms with Crippen LogP contribution in [0.2, 0.25) is 5.02 Å². The van der Waals surface area contributed by atoms with Gasteiger partial charge in [0.05, 0.1) is 9.90 Å². The third kappa shape index (κ3) is 1.56. The molecule has 0 spiro atoms. The minimum atomic E-state index is 0.198. The number of hydrogen-bond acceptors (Lipinski definition) is 3. The highest BCUT2D eigenvalue weighted by atomic mass is 35.5. The van der Waals surface area contributed by atoms with E-state index in [-0.39, 0.29) is 5.75 Å². The van der Waals surface area contributed by atoms with Crippen LogP contribution >= 0.6 is 22.9 Å². The summed E-state index contributed by atoms with van der Waals surface area (Å²) in [5.74, 6) is 0.198. The molecule has 0 aliphatic rings. The zero-order chi connectivity index (χ0) is 10.1. The van der Waals surface area contributed by atoms with E-state index in [1.165, 1.54) is 11.3 Å². The van der Waals surface area contributed by atoms with Gasteiger partial charge in [0.2, 0.25) is 0 Å². The number of hydrogen-bond donors (Lipinski definition) is 2. The molecule has 0 saturated carbocycles. The van der Waals surface area contributed by atoms with Crippen LogP contribution in [0, 0.1) is 0 Å². The number of anilines is 1. The van der Waals surface area contributed by atoms with Crippen LogP contribution < -0.4 is 5.73 Å². The Morgan fingerprint density at radius 2 is 2.07 bits per heavy atom. The molecule has 1 aromatic heterocycles. The summed E-state index contributed by atoms with van der Waals surface area (Å²) in [4.78, 5) is 0.844. The number of halogens is 1. The van der Waals surface area contributed by atoms with Gasteiger partial charge in [0, 0.05) is 11.3 Å². The van der Waals surface area contributed by atoms with Crippen LogP contribution in [-0.2, 0) is 0 Å². The smallest absolute Gasteiger partial charge is 0.124 e. The van der Waals surface area contributed by atoms with Crippen LogP contribution in [0.25, 0.3) is 10.4 Å². The van der Waals surface area contributed by atoms with Crippen LogP contribution in [-0.4, -0.2) is 5.11 Å². The van der Waals surface area contributed by atoms with Gasteiger partial charge in [-0.3, -0.25) is 0 Å². The third-order valence-electron chi connectivity index (χ3n) is 1.88. The van der Waals surface area contributed by atoms with Crippen molar-refractivity contribution in [1.82, 2.24) is 0 Å². The number of aromatic hydroxyl groups is 1. The van der Waals surface area contributed by atoms with E-state index in [2.05, 4.69) is 0 Å². The lowest BCUT2D eigenvalue weighted by atomic mass is 10.1. The molecule has 0 unspecified atom stereocenters. The molecular formula is C10H8ClNOS. The van der Waals surface area contributed by atoms with Crippen LogP contribution in [0.4, 0.5) is 5.69 Å². The van der Waals surface area contributed by atoms with Crippen molar-refractivity contribution < 1.29 is 5.11 Å². The highest BCUT2D eigenvalue weighted by Gasteiger charge is 2.09. The Labute approximate surface area is 90.6 Å². The molecule has 0 fully saturated rings. The number of nitrogen functional groups attached to an aromatic ring is 1. The standard InChI is InChI=1S/C10H8ClNOS/c11-8-3-4-14-10(8)7-5-6(12)1-2-9(7)13/h1-5,13H,12H2. The van der Waals surface area contributed by atoms with Gasteiger partial charge in [-0.2, -0.15) is 0 Å². The van der Waals surface area contributed by atoms with E-state index in [9.17, 15) is 5.11 Å². The second kappa shape index (κ2) is 3.52. The first-order valence-corrected chi connectivity index (χ1v) is 5.26. The Morgan fingerprint density at radius 1 is 1.29 bits per heavy atom. The fourth-order valence-corrected chi connectivity index (χ4v) is 2.41. The number of rotatable bonds is 1. The Balaban J connectivity index is 2.62. The lowest BCUT2D eigenvalue weighted by molar-refractivity contribution is 0.477. The fourth-order valence-electron chi connectivity index (χ4n) is 1.22. The maximum Gasteiger partial charge on any atom is 0.124 e. The molecule has 0 aliphatic carbocycles. The highest BCUT2D eigenvalue weighted by molar-refractivity contribution is 7.14. The molecule has 2 rings (SSSR count). The third-order valence-corrected chi connectivity index (χ3v) is 3.26. The average molecular weight is 226 g/mol. The van der Waals surface area contributed by atoms with Crippen molar-refractivity contribution in [2.45, 2.75) is 0 Å². The van der Waals surface area contributed by atoms with Gasteiger partial charge in [-0.1, -0.05) is 11.6 Å². The fraction of sp³-hybridized carbons (Fsp3) is 0. The lowest BCUT2D eigenvalue weighted by Gasteiger charge is -2.03. The van der Waals surface area contributed by atoms with Crippen LogP contribution in [0.1, 0.15) is 0 Å². The number of thiophene rings is 1. The molecule has 0 amide bonds. The normalized spacial score (nSPS) is 10.4. The zero-order valence-corrected chi connectivity index (χ0v) is 8.77. The zero-order valence-electron chi connectivity index (χ0n) is 7.20. The second-order valence-electron chi connectivity index (χ2n) is 2.87. The summed E-state index contributed by atoms with van der Waals surface area (Å²) < 4.78 is 0. The van der Waals surface area contributed by atoms with E-state index in [0.29, 0.717) is 16.3 Å². The summed E-state index contributed by atoms with van der Waals surface area (Å²) in [7, 11) is 0. The van der Waals surface area contributed by atoms with Crippen molar-refractivity contribution in [3.05, 3.63) is 34.7 Å². The van der Waals surface area contributed by atoms with Gasteiger partial charge in [-0.15, -0.1) is 11.3 Å². The highest BCUT2D eigenvalue weighted by Crippen LogP contribution is 2.38. The van der Waals surface area contributed by atoms with Gasteiger partial charge < -0.3 is 10.8 Å². The van der Waals surface area contributed by atoms with E-state index in [0.717, 1.165) is 4.88 Å². The summed E-state index contributed by atoms with van der Waals surface area (Å²) in [5.41, 5.74) is 6.93. The largest absolute Gasteiger partial charge is 0.507 e. The topological polar surface area (TPSA) is 46.2 Å². The van der Waals surface area contributed by atoms with E-state index >= 15 is 0 Å². The van der Waals surface area contributed by atoms with Crippen molar-refractivity contribution >= 4 is 28.6 Å². The minimum Gasteiger partial charge on any atom is -0.507 e. The molecule has 72 valence electrons. The summed E-state index contributed by atoms with van der Waals surface area (Å²) in [6.45, 7) is 0. The predicted octanol–water partition coefficient (Wildman–Crippen LogP) is 3.36. The molecule has 0 bridgehead atoms. The summed E-state index contributed by atoms with van der Waals surface area (Å²) in [5, 5.41) is 12.1. The molecule has 3 N–H and O–H groups in total. The minimum absolute atomic E-state index is 0.198. The molecule has 2 aromatic rings. The van der Waals surface area contributed by atoms with E-state index in [1.807, 2.05) is 5.38 Å². The van der Waals surface area contributed by atoms with E-state index < -0.39 is 0 Å². The summed E-state index contributed by atoms with van der Waals surface area (Å²) in [6, 6.07) is 6.73. The number of phenolic OH excluding ortho intramolecular Hbond substituents is 1. The van der Waals surface area contributed by atoms with Crippen molar-refractivity contribution in [1.29, 1.82) is 0 Å². The predicted molar refractivity (Wildman–Crippen MR) is 60.8 cm³/mol. The molecule has 0 saturated heterocycles. The van der Waals surface area contributed by atoms with Crippen molar-refractivity contribution in [3.8, 4) is 16.2 Å². The molecule has 1 heterocycles. The molecular weight excluding hydrogens is 218 g/mol. The van der Waals surface area contributed by atoms with Crippen molar-refractivity contribution in [2.24, 2.45) is 0 Å². The second-order valence-corrected chi connectivity index (χ2v) is 4.20. The number of phenols is 1. The molecule has 2 nitrogen and oxygen atoms in total. The SMILES string of the molecule is Nc1ccc(O)c(-c2sccc2Cl)c1. The van der Waals surface area contributed by atoms with Crippen LogP contribution in [0.3, 0.4) is 0 Å². The van der Waals surface area contributed by atoms with Gasteiger partial charge in [0.15, 0.2) is 0 Å². The molecule has 0 radical (unpaired) electrons. The first kappa shape index (κ1) is 9.37. The number of benzene rings is 1. The molecule has 1 aromatic carbocycles. The van der Waals surface area contributed by atoms with Gasteiger partial charge in [0.25, 0.3) is 0 Å². The van der Waals surface area contributed by atoms with Crippen molar-refractivity contribution in [2.75, 3.05) is 5.73 Å². The first-order valence-electron chi connectivity index (χ1n) is 4.00. The lowest BCUT2D eigenvalue weighted by Crippen LogP contribution is -1.85. The first-order chi connectivity index (χ1) is 6.68. The Morgan fingerprint density at radius 3 is 2.71 bits per heavy atom. The van der Waals surface area contributed by atoms with E-state index in [1.54, 1.807) is 24.3 Å². The Bertz CT molecular complexity index is 467. The maximum atomic E-state index is 9.62. The summed E-state index contributed by atoms with van der Waals surface area (Å²) in [6.07, 6.45) is 0. The summed E-state index contributed by atoms with van der Waals surface area (Å²) >= 11 is 7.44. The molecule has 0 aliphatic heterocycles. The molecule has 0 atom stereocenters. The Kier molecular flexibility index (Phi) is 2.35. The van der Waals surface area contributed by atoms with Crippen molar-refractivity contribution in [3.63, 3.8) is 0 Å². The van der Waals surface area contributed by atoms with Gasteiger partial charge in [0.1, 0.15) is 5.75 Å². The quantitative estimate of drug-likeness (QED) is 0.578. The average Bonchev–Trinajstić information content (AvgIpc) is 2.56. The number of nitrogens with two attached hydrogens (primary N) is 1. The molecule has 14 heavy (non-hydrogen) atoms. The van der Waals surface area contributed by atoms with Gasteiger partial charge in [-0.25, -0.2) is 0 Å². The Hall–Kier alpha value is -1.19. The monoisotopic (exact) mass is 225 g/mol. The maximum absolute atomic E-state index is 9.62.